The third-order valence-corrected chi connectivity index (χ3v) is 3.87. The monoisotopic (exact) mass is 220 g/mol. The summed E-state index contributed by atoms with van der Waals surface area (Å²) in [5.74, 6) is 0. The topological polar surface area (TPSA) is 0 Å². The molecular formula is C4H2BrClMgS. The van der Waals surface area contributed by atoms with Gasteiger partial charge in [-0.1, -0.05) is 0 Å². The van der Waals surface area contributed by atoms with Gasteiger partial charge in [0.05, 0.1) is 0 Å². The SMILES string of the molecule is [Cl-].[Mg+][c]1ccsc1Br. The van der Waals surface area contributed by atoms with Gasteiger partial charge in [-0.15, -0.1) is 0 Å². The van der Waals surface area contributed by atoms with Crippen LogP contribution in [0.5, 0.6) is 0 Å². The zero-order valence-electron chi connectivity index (χ0n) is 4.03. The molecule has 0 atom stereocenters. The first-order valence-corrected chi connectivity index (χ1v) is 4.23. The second-order valence-corrected chi connectivity index (χ2v) is 4.22. The van der Waals surface area contributed by atoms with E-state index in [0.717, 1.165) is 0 Å². The van der Waals surface area contributed by atoms with E-state index in [1.807, 2.05) is 21.7 Å². The Morgan fingerprint density at radius 2 is 2.25 bits per heavy atom. The van der Waals surface area contributed by atoms with E-state index in [1.165, 1.54) is 7.48 Å². The molecule has 1 aromatic heterocycles. The van der Waals surface area contributed by atoms with Crippen molar-refractivity contribution in [2.75, 3.05) is 0 Å². The Hall–Kier alpha value is 1.24. The summed E-state index contributed by atoms with van der Waals surface area (Å²) in [4.78, 5) is 0. The molecule has 0 radical (unpaired) electrons. The minimum atomic E-state index is 0. The van der Waals surface area contributed by atoms with E-state index < -0.39 is 0 Å². The van der Waals surface area contributed by atoms with Crippen molar-refractivity contribution in [3.05, 3.63) is 15.2 Å². The van der Waals surface area contributed by atoms with Crippen molar-refractivity contribution in [3.8, 4) is 0 Å². The first-order valence-electron chi connectivity index (χ1n) is 1.85. The summed E-state index contributed by atoms with van der Waals surface area (Å²) in [5.41, 5.74) is 0. The maximum atomic E-state index is 3.39. The maximum absolute atomic E-state index is 3.39. The van der Waals surface area contributed by atoms with Crippen LogP contribution in [0.1, 0.15) is 0 Å². The molecule has 0 N–H and O–H groups in total. The van der Waals surface area contributed by atoms with Crippen LogP contribution in [-0.4, -0.2) is 21.7 Å². The van der Waals surface area contributed by atoms with E-state index >= 15 is 0 Å². The van der Waals surface area contributed by atoms with Crippen molar-refractivity contribution in [1.29, 1.82) is 0 Å². The Kier molecular flexibility index (Phi) is 4.75. The predicted molar refractivity (Wildman–Crippen MR) is 37.4 cm³/mol. The van der Waals surface area contributed by atoms with Crippen LogP contribution in [0.25, 0.3) is 0 Å². The van der Waals surface area contributed by atoms with Crippen LogP contribution in [0.15, 0.2) is 15.2 Å². The molecule has 0 bridgehead atoms. The summed E-state index contributed by atoms with van der Waals surface area (Å²) < 4.78 is 2.61. The standard InChI is InChI=1S/C4H2BrS.ClH.Mg/c5-4-2-1-3-6-4;;/h1,3H;1H;/q;;+1/p-1. The van der Waals surface area contributed by atoms with Gasteiger partial charge >= 0.3 is 67.9 Å². The molecule has 8 heavy (non-hydrogen) atoms. The fourth-order valence-corrected chi connectivity index (χ4v) is 1.88. The molecule has 0 spiro atoms. The van der Waals surface area contributed by atoms with Gasteiger partial charge in [0.2, 0.25) is 0 Å². The van der Waals surface area contributed by atoms with Gasteiger partial charge < -0.3 is 12.4 Å². The van der Waals surface area contributed by atoms with Crippen LogP contribution in [-0.2, 0) is 0 Å². The van der Waals surface area contributed by atoms with Gasteiger partial charge in [-0.3, -0.25) is 0 Å². The van der Waals surface area contributed by atoms with Crippen molar-refractivity contribution in [2.45, 2.75) is 0 Å². The Bertz CT molecular complexity index is 148. The number of hydrogen-bond acceptors (Lipinski definition) is 1. The van der Waals surface area contributed by atoms with Gasteiger partial charge in [0.15, 0.2) is 0 Å². The molecule has 1 rings (SSSR count). The third kappa shape index (κ3) is 2.23. The van der Waals surface area contributed by atoms with E-state index in [2.05, 4.69) is 27.4 Å². The van der Waals surface area contributed by atoms with Crippen LogP contribution in [0, 0.1) is 0 Å². The summed E-state index contributed by atoms with van der Waals surface area (Å²) in [6, 6.07) is 2.10. The quantitative estimate of drug-likeness (QED) is 0.459. The Morgan fingerprint density at radius 1 is 1.62 bits per heavy atom. The molecule has 0 amide bonds. The van der Waals surface area contributed by atoms with Crippen molar-refractivity contribution in [2.24, 2.45) is 0 Å². The molecule has 1 aromatic rings. The van der Waals surface area contributed by atoms with Gasteiger partial charge in [0, 0.05) is 0 Å². The molecule has 0 aliphatic rings. The van der Waals surface area contributed by atoms with Crippen LogP contribution in [0.2, 0.25) is 0 Å². The predicted octanol–water partition coefficient (Wildman–Crippen LogP) is -1.69. The molecule has 4 heteroatoms. The van der Waals surface area contributed by atoms with Crippen LogP contribution < -0.4 is 16.1 Å². The zero-order chi connectivity index (χ0) is 5.28. The fourth-order valence-electron chi connectivity index (χ4n) is 0.317. The van der Waals surface area contributed by atoms with Crippen molar-refractivity contribution < 1.29 is 12.4 Å². The molecule has 0 aromatic carbocycles. The Labute approximate surface area is 79.6 Å². The Morgan fingerprint density at radius 3 is 2.38 bits per heavy atom. The van der Waals surface area contributed by atoms with Crippen LogP contribution in [0.4, 0.5) is 0 Å². The molecule has 0 nitrogen and oxygen atoms in total. The summed E-state index contributed by atoms with van der Waals surface area (Å²) >= 11 is 7.02. The molecule has 1 heterocycles. The number of thiophene rings is 1. The second kappa shape index (κ2) is 4.12. The fraction of sp³-hybridized carbons (Fsp3) is 0. The molecule has 0 saturated heterocycles. The number of hydrogen-bond donors (Lipinski definition) is 0. The van der Waals surface area contributed by atoms with E-state index in [1.54, 1.807) is 11.3 Å². The van der Waals surface area contributed by atoms with E-state index in [9.17, 15) is 0 Å². The summed E-state index contributed by atoms with van der Waals surface area (Å²) in [6.45, 7) is 0. The minimum absolute atomic E-state index is 0. The van der Waals surface area contributed by atoms with Gasteiger partial charge in [-0.25, -0.2) is 0 Å². The normalized spacial score (nSPS) is 8.38. The van der Waals surface area contributed by atoms with Crippen molar-refractivity contribution >= 4 is 52.7 Å². The molecule has 40 valence electrons. The number of halogens is 2. The molecule has 0 aliphatic carbocycles. The van der Waals surface area contributed by atoms with E-state index in [0.29, 0.717) is 0 Å². The van der Waals surface area contributed by atoms with Crippen LogP contribution in [0.3, 0.4) is 0 Å². The van der Waals surface area contributed by atoms with Gasteiger partial charge in [-0.2, -0.15) is 0 Å². The third-order valence-electron chi connectivity index (χ3n) is 0.693. The molecule has 0 aliphatic heterocycles. The first kappa shape index (κ1) is 9.24. The number of rotatable bonds is 0. The van der Waals surface area contributed by atoms with Gasteiger partial charge in [0.1, 0.15) is 0 Å². The van der Waals surface area contributed by atoms with Crippen molar-refractivity contribution in [1.82, 2.24) is 0 Å². The average Bonchev–Trinajstić information content (AvgIpc) is 1.91. The molecule has 0 saturated carbocycles. The van der Waals surface area contributed by atoms with Crippen molar-refractivity contribution in [3.63, 3.8) is 0 Å². The summed E-state index contributed by atoms with van der Waals surface area (Å²) in [7, 11) is 0. The zero-order valence-corrected chi connectivity index (χ0v) is 8.60. The van der Waals surface area contributed by atoms with Gasteiger partial charge in [0.25, 0.3) is 0 Å². The molecular weight excluding hydrogens is 220 g/mol. The van der Waals surface area contributed by atoms with Crippen LogP contribution >= 0.6 is 27.3 Å². The first-order chi connectivity index (χ1) is 3.30. The van der Waals surface area contributed by atoms with E-state index in [4.69, 9.17) is 0 Å². The Balaban J connectivity index is 0.000000490. The summed E-state index contributed by atoms with van der Waals surface area (Å²) in [6.07, 6.45) is 0. The average molecular weight is 222 g/mol. The van der Waals surface area contributed by atoms with Gasteiger partial charge in [-0.05, 0) is 0 Å². The second-order valence-electron chi connectivity index (χ2n) is 1.22. The summed E-state index contributed by atoms with van der Waals surface area (Å²) in [5, 5.41) is 2.08. The van der Waals surface area contributed by atoms with E-state index in [-0.39, 0.29) is 12.4 Å². The molecule has 0 unspecified atom stereocenters. The molecule has 0 fully saturated rings.